The molecule has 10 heavy (non-hydrogen) atoms. The zero-order chi connectivity index (χ0) is 8.04. The second-order valence-corrected chi connectivity index (χ2v) is 3.32. The van der Waals surface area contributed by atoms with Gasteiger partial charge >= 0.3 is 0 Å². The summed E-state index contributed by atoms with van der Waals surface area (Å²) in [6, 6.07) is 0. The number of hydrogen-bond acceptors (Lipinski definition) is 1. The standard InChI is InChI=1S/C8H20NO/c1-5-9(2,3)7-6-8-10-4/h5-8H2,1-4H3/q+1. The van der Waals surface area contributed by atoms with Gasteiger partial charge in [-0.1, -0.05) is 0 Å². The summed E-state index contributed by atoms with van der Waals surface area (Å²) in [6.07, 6.45) is 1.16. The monoisotopic (exact) mass is 146 g/mol. The largest absolute Gasteiger partial charge is 0.384 e. The van der Waals surface area contributed by atoms with E-state index in [0.29, 0.717) is 0 Å². The molecule has 0 saturated heterocycles. The molecule has 62 valence electrons. The van der Waals surface area contributed by atoms with Crippen molar-refractivity contribution in [1.29, 1.82) is 0 Å². The van der Waals surface area contributed by atoms with Crippen molar-refractivity contribution >= 4 is 0 Å². The minimum atomic E-state index is 0.891. The molecule has 0 atom stereocenters. The quantitative estimate of drug-likeness (QED) is 0.417. The first-order valence-corrected chi connectivity index (χ1v) is 3.93. The predicted octanol–water partition coefficient (Wildman–Crippen LogP) is 1.12. The minimum Gasteiger partial charge on any atom is -0.384 e. The lowest BCUT2D eigenvalue weighted by atomic mass is 10.3. The Bertz CT molecular complexity index is 81.3. The Morgan fingerprint density at radius 2 is 1.90 bits per heavy atom. The predicted molar refractivity (Wildman–Crippen MR) is 44.0 cm³/mol. The van der Waals surface area contributed by atoms with Crippen LogP contribution in [0.3, 0.4) is 0 Å². The molecule has 0 unspecified atom stereocenters. The van der Waals surface area contributed by atoms with Crippen LogP contribution >= 0.6 is 0 Å². The van der Waals surface area contributed by atoms with Crippen molar-refractivity contribution < 1.29 is 9.22 Å². The topological polar surface area (TPSA) is 9.23 Å². The summed E-state index contributed by atoms with van der Waals surface area (Å²) in [4.78, 5) is 0. The number of rotatable bonds is 5. The van der Waals surface area contributed by atoms with Crippen molar-refractivity contribution in [2.45, 2.75) is 13.3 Å². The van der Waals surface area contributed by atoms with Crippen LogP contribution in [-0.4, -0.2) is 45.4 Å². The van der Waals surface area contributed by atoms with Gasteiger partial charge in [-0.15, -0.1) is 0 Å². The lowest BCUT2D eigenvalue weighted by Crippen LogP contribution is -2.40. The van der Waals surface area contributed by atoms with Gasteiger partial charge in [0.05, 0.1) is 33.8 Å². The smallest absolute Gasteiger partial charge is 0.0804 e. The molecule has 0 amide bonds. The third-order valence-electron chi connectivity index (χ3n) is 1.97. The summed E-state index contributed by atoms with van der Waals surface area (Å²) in [5.41, 5.74) is 0. The summed E-state index contributed by atoms with van der Waals surface area (Å²) in [6.45, 7) is 5.52. The van der Waals surface area contributed by atoms with Crippen LogP contribution < -0.4 is 0 Å². The second kappa shape index (κ2) is 4.69. The summed E-state index contributed by atoms with van der Waals surface area (Å²) < 4.78 is 6.07. The fraction of sp³-hybridized carbons (Fsp3) is 1.00. The molecule has 2 nitrogen and oxygen atoms in total. The highest BCUT2D eigenvalue weighted by molar-refractivity contribution is 4.33. The van der Waals surface area contributed by atoms with Gasteiger partial charge in [0.1, 0.15) is 0 Å². The highest BCUT2D eigenvalue weighted by atomic mass is 16.5. The van der Waals surface area contributed by atoms with E-state index in [9.17, 15) is 0 Å². The van der Waals surface area contributed by atoms with Gasteiger partial charge in [-0.2, -0.15) is 0 Å². The van der Waals surface area contributed by atoms with E-state index < -0.39 is 0 Å². The first-order valence-electron chi connectivity index (χ1n) is 3.93. The van der Waals surface area contributed by atoms with E-state index in [1.54, 1.807) is 7.11 Å². The summed E-state index contributed by atoms with van der Waals surface area (Å²) in [7, 11) is 6.25. The van der Waals surface area contributed by atoms with Crippen LogP contribution in [0.5, 0.6) is 0 Å². The maximum absolute atomic E-state index is 4.97. The molecular formula is C8H20NO+. The van der Waals surface area contributed by atoms with Gasteiger partial charge < -0.3 is 9.22 Å². The second-order valence-electron chi connectivity index (χ2n) is 3.32. The highest BCUT2D eigenvalue weighted by Gasteiger charge is 2.09. The minimum absolute atomic E-state index is 0.891. The van der Waals surface area contributed by atoms with E-state index in [1.165, 1.54) is 13.1 Å². The first-order chi connectivity index (χ1) is 4.62. The average molecular weight is 146 g/mol. The van der Waals surface area contributed by atoms with Crippen molar-refractivity contribution in [2.24, 2.45) is 0 Å². The summed E-state index contributed by atoms with van der Waals surface area (Å²) in [5.74, 6) is 0. The number of methoxy groups -OCH3 is 1. The van der Waals surface area contributed by atoms with Crippen molar-refractivity contribution in [3.05, 3.63) is 0 Å². The van der Waals surface area contributed by atoms with Gasteiger partial charge in [-0.05, 0) is 6.92 Å². The Balaban J connectivity index is 3.28. The van der Waals surface area contributed by atoms with Crippen LogP contribution in [0.2, 0.25) is 0 Å². The molecule has 0 aliphatic rings. The number of ether oxygens (including phenoxy) is 1. The third kappa shape index (κ3) is 4.77. The zero-order valence-electron chi connectivity index (χ0n) is 7.68. The average Bonchev–Trinajstić information content (AvgIpc) is 1.89. The van der Waals surface area contributed by atoms with E-state index in [4.69, 9.17) is 4.74 Å². The molecule has 0 fully saturated rings. The fourth-order valence-corrected chi connectivity index (χ4v) is 0.795. The first kappa shape index (κ1) is 9.92. The number of nitrogens with zero attached hydrogens (tertiary/aromatic N) is 1. The molecule has 0 radical (unpaired) electrons. The van der Waals surface area contributed by atoms with Gasteiger partial charge in [0.15, 0.2) is 0 Å². The van der Waals surface area contributed by atoms with E-state index in [2.05, 4.69) is 21.0 Å². The molecule has 0 bridgehead atoms. The van der Waals surface area contributed by atoms with Gasteiger partial charge in [0.25, 0.3) is 0 Å². The molecule has 0 aromatic carbocycles. The lowest BCUT2D eigenvalue weighted by molar-refractivity contribution is -0.888. The third-order valence-corrected chi connectivity index (χ3v) is 1.97. The molecule has 0 aliphatic heterocycles. The van der Waals surface area contributed by atoms with Crippen molar-refractivity contribution in [2.75, 3.05) is 40.9 Å². The van der Waals surface area contributed by atoms with E-state index in [1.807, 2.05) is 0 Å². The Labute approximate surface area is 64.4 Å². The Morgan fingerprint density at radius 3 is 2.30 bits per heavy atom. The Hall–Kier alpha value is -0.0800. The van der Waals surface area contributed by atoms with Gasteiger partial charge in [-0.3, -0.25) is 0 Å². The highest BCUT2D eigenvalue weighted by Crippen LogP contribution is 1.97. The van der Waals surface area contributed by atoms with Crippen LogP contribution in [0.15, 0.2) is 0 Å². The number of hydrogen-bond donors (Lipinski definition) is 0. The molecule has 0 rings (SSSR count). The molecule has 0 saturated carbocycles. The van der Waals surface area contributed by atoms with Crippen LogP contribution in [0.1, 0.15) is 13.3 Å². The molecule has 0 aromatic heterocycles. The molecule has 0 spiro atoms. The molecule has 2 heteroatoms. The Kier molecular flexibility index (Phi) is 4.65. The van der Waals surface area contributed by atoms with Crippen LogP contribution in [-0.2, 0) is 4.74 Å². The normalized spacial score (nSPS) is 12.0. The van der Waals surface area contributed by atoms with Crippen molar-refractivity contribution in [3.8, 4) is 0 Å². The van der Waals surface area contributed by atoms with E-state index in [0.717, 1.165) is 17.5 Å². The van der Waals surface area contributed by atoms with Crippen molar-refractivity contribution in [1.82, 2.24) is 0 Å². The summed E-state index contributed by atoms with van der Waals surface area (Å²) in [5, 5.41) is 0. The van der Waals surface area contributed by atoms with Crippen LogP contribution in [0, 0.1) is 0 Å². The van der Waals surface area contributed by atoms with Crippen LogP contribution in [0.4, 0.5) is 0 Å². The molecule has 0 N–H and O–H groups in total. The lowest BCUT2D eigenvalue weighted by Gasteiger charge is -2.27. The summed E-state index contributed by atoms with van der Waals surface area (Å²) >= 11 is 0. The van der Waals surface area contributed by atoms with Gasteiger partial charge in [0.2, 0.25) is 0 Å². The zero-order valence-corrected chi connectivity index (χ0v) is 7.68. The van der Waals surface area contributed by atoms with E-state index >= 15 is 0 Å². The molecule has 0 heterocycles. The van der Waals surface area contributed by atoms with Gasteiger partial charge in [-0.25, -0.2) is 0 Å². The Morgan fingerprint density at radius 1 is 1.30 bits per heavy atom. The van der Waals surface area contributed by atoms with Gasteiger partial charge in [0, 0.05) is 13.5 Å². The maximum Gasteiger partial charge on any atom is 0.0804 e. The maximum atomic E-state index is 4.97. The molecule has 0 aliphatic carbocycles. The SMILES string of the molecule is CC[N+](C)(C)CCCOC. The number of quaternary nitrogens is 1. The van der Waals surface area contributed by atoms with E-state index in [-0.39, 0.29) is 0 Å². The van der Waals surface area contributed by atoms with Crippen molar-refractivity contribution in [3.63, 3.8) is 0 Å². The van der Waals surface area contributed by atoms with Crippen LogP contribution in [0.25, 0.3) is 0 Å². The fourth-order valence-electron chi connectivity index (χ4n) is 0.795. The molecule has 0 aromatic rings. The molecular weight excluding hydrogens is 126 g/mol.